The molecule has 6 nitrogen and oxygen atoms in total. The lowest BCUT2D eigenvalue weighted by Crippen LogP contribution is -2.33. The monoisotopic (exact) mass is 209 g/mol. The zero-order valence-electron chi connectivity index (χ0n) is 8.19. The molecule has 0 aromatic carbocycles. The van der Waals surface area contributed by atoms with Crippen molar-refractivity contribution in [2.75, 3.05) is 19.0 Å². The van der Waals surface area contributed by atoms with Crippen molar-refractivity contribution < 1.29 is 14.3 Å². The van der Waals surface area contributed by atoms with Gasteiger partial charge in [0.15, 0.2) is 0 Å². The van der Waals surface area contributed by atoms with E-state index in [1.165, 1.54) is 7.11 Å². The number of rotatable bonds is 3. The molecule has 0 saturated heterocycles. The minimum absolute atomic E-state index is 0.159. The van der Waals surface area contributed by atoms with Crippen molar-refractivity contribution in [2.45, 2.75) is 0 Å². The number of anilines is 1. The zero-order chi connectivity index (χ0) is 11.1. The lowest BCUT2D eigenvalue weighted by molar-refractivity contribution is -0.139. The van der Waals surface area contributed by atoms with E-state index in [1.54, 1.807) is 24.5 Å². The number of ether oxygens (including phenoxy) is 1. The number of carbonyl (C=O) groups excluding carboxylic acids is 2. The van der Waals surface area contributed by atoms with Gasteiger partial charge in [0.25, 0.3) is 0 Å². The molecule has 2 N–H and O–H groups in total. The Kier molecular flexibility index (Phi) is 4.08. The first-order valence-electron chi connectivity index (χ1n) is 4.24. The number of hydrogen-bond acceptors (Lipinski definition) is 4. The average molecular weight is 209 g/mol. The second-order valence-corrected chi connectivity index (χ2v) is 2.62. The standard InChI is InChI=1S/C9H11N3O3/c1-15-8(13)6-11-9(14)12-7-2-4-10-5-3-7/h2-5H,6H2,1H3,(H2,10,11,12,14). The molecule has 1 rings (SSSR count). The fraction of sp³-hybridized carbons (Fsp3) is 0.222. The van der Waals surface area contributed by atoms with Crippen molar-refractivity contribution in [3.8, 4) is 0 Å². The Labute approximate surface area is 86.6 Å². The zero-order valence-corrected chi connectivity index (χ0v) is 8.19. The first-order valence-corrected chi connectivity index (χ1v) is 4.24. The van der Waals surface area contributed by atoms with Crippen LogP contribution in [-0.4, -0.2) is 30.6 Å². The molecule has 80 valence electrons. The number of methoxy groups -OCH3 is 1. The third-order valence-corrected chi connectivity index (χ3v) is 1.56. The molecule has 0 fully saturated rings. The summed E-state index contributed by atoms with van der Waals surface area (Å²) in [5, 5.41) is 4.86. The molecule has 0 aliphatic rings. The second kappa shape index (κ2) is 5.58. The first kappa shape index (κ1) is 11.0. The number of carbonyl (C=O) groups is 2. The summed E-state index contributed by atoms with van der Waals surface area (Å²) in [7, 11) is 1.25. The van der Waals surface area contributed by atoms with Crippen LogP contribution in [0.2, 0.25) is 0 Å². The van der Waals surface area contributed by atoms with E-state index in [1.807, 2.05) is 0 Å². The lowest BCUT2D eigenvalue weighted by atomic mass is 10.4. The molecule has 1 heterocycles. The number of aromatic nitrogens is 1. The maximum atomic E-state index is 11.2. The van der Waals surface area contributed by atoms with Gasteiger partial charge in [-0.1, -0.05) is 0 Å². The van der Waals surface area contributed by atoms with E-state index in [9.17, 15) is 9.59 Å². The van der Waals surface area contributed by atoms with Crippen molar-refractivity contribution in [2.24, 2.45) is 0 Å². The van der Waals surface area contributed by atoms with Crippen molar-refractivity contribution >= 4 is 17.7 Å². The third kappa shape index (κ3) is 4.08. The second-order valence-electron chi connectivity index (χ2n) is 2.62. The van der Waals surface area contributed by atoms with Crippen molar-refractivity contribution in [3.05, 3.63) is 24.5 Å². The summed E-state index contributed by atoms with van der Waals surface area (Å²) in [4.78, 5) is 25.7. The summed E-state index contributed by atoms with van der Waals surface area (Å²) in [6.45, 7) is -0.159. The van der Waals surface area contributed by atoms with Crippen LogP contribution in [0, 0.1) is 0 Å². The predicted octanol–water partition coefficient (Wildman–Crippen LogP) is 0.376. The highest BCUT2D eigenvalue weighted by atomic mass is 16.5. The van der Waals surface area contributed by atoms with Crippen molar-refractivity contribution in [3.63, 3.8) is 0 Å². The highest BCUT2D eigenvalue weighted by molar-refractivity contribution is 5.91. The smallest absolute Gasteiger partial charge is 0.325 e. The van der Waals surface area contributed by atoms with Gasteiger partial charge in [0.2, 0.25) is 0 Å². The molecule has 0 aliphatic heterocycles. The van der Waals surface area contributed by atoms with E-state index < -0.39 is 12.0 Å². The van der Waals surface area contributed by atoms with E-state index >= 15 is 0 Å². The molecule has 6 heteroatoms. The van der Waals surface area contributed by atoms with Crippen LogP contribution in [0.25, 0.3) is 0 Å². The van der Waals surface area contributed by atoms with Gasteiger partial charge in [-0.15, -0.1) is 0 Å². The molecule has 0 unspecified atom stereocenters. The van der Waals surface area contributed by atoms with Crippen LogP contribution in [0.5, 0.6) is 0 Å². The Bertz CT molecular complexity index is 340. The van der Waals surface area contributed by atoms with E-state index in [-0.39, 0.29) is 6.54 Å². The predicted molar refractivity (Wildman–Crippen MR) is 53.3 cm³/mol. The number of nitrogens with zero attached hydrogens (tertiary/aromatic N) is 1. The van der Waals surface area contributed by atoms with Gasteiger partial charge in [-0.2, -0.15) is 0 Å². The minimum atomic E-state index is -0.500. The number of hydrogen-bond donors (Lipinski definition) is 2. The van der Waals surface area contributed by atoms with Gasteiger partial charge in [-0.3, -0.25) is 9.78 Å². The van der Waals surface area contributed by atoms with Crippen LogP contribution in [0.3, 0.4) is 0 Å². The van der Waals surface area contributed by atoms with Gasteiger partial charge in [-0.25, -0.2) is 4.79 Å². The van der Waals surface area contributed by atoms with Gasteiger partial charge < -0.3 is 15.4 Å². The van der Waals surface area contributed by atoms with Gasteiger partial charge in [0, 0.05) is 18.1 Å². The largest absolute Gasteiger partial charge is 0.468 e. The van der Waals surface area contributed by atoms with Crippen LogP contribution in [-0.2, 0) is 9.53 Å². The summed E-state index contributed by atoms with van der Waals surface area (Å²) in [5.41, 5.74) is 0.604. The van der Waals surface area contributed by atoms with E-state index in [2.05, 4.69) is 20.4 Å². The minimum Gasteiger partial charge on any atom is -0.468 e. The van der Waals surface area contributed by atoms with Crippen molar-refractivity contribution in [1.29, 1.82) is 0 Å². The normalized spacial score (nSPS) is 9.13. The third-order valence-electron chi connectivity index (χ3n) is 1.56. The van der Waals surface area contributed by atoms with Crippen LogP contribution in [0.15, 0.2) is 24.5 Å². The van der Waals surface area contributed by atoms with Gasteiger partial charge >= 0.3 is 12.0 Å². The SMILES string of the molecule is COC(=O)CNC(=O)Nc1ccncc1. The Hall–Kier alpha value is -2.11. The number of urea groups is 1. The average Bonchev–Trinajstić information content (AvgIpc) is 2.27. The topological polar surface area (TPSA) is 80.3 Å². The summed E-state index contributed by atoms with van der Waals surface area (Å²) in [6.07, 6.45) is 3.10. The maximum absolute atomic E-state index is 11.2. The Morgan fingerprint density at radius 1 is 1.40 bits per heavy atom. The van der Waals surface area contributed by atoms with Crippen LogP contribution >= 0.6 is 0 Å². The number of nitrogens with one attached hydrogen (secondary N) is 2. The van der Waals surface area contributed by atoms with Gasteiger partial charge in [0.05, 0.1) is 7.11 Å². The highest BCUT2D eigenvalue weighted by Gasteiger charge is 2.04. The van der Waals surface area contributed by atoms with Gasteiger partial charge in [0.1, 0.15) is 6.54 Å². The number of amides is 2. The fourth-order valence-electron chi connectivity index (χ4n) is 0.835. The quantitative estimate of drug-likeness (QED) is 0.705. The van der Waals surface area contributed by atoms with E-state index in [4.69, 9.17) is 0 Å². The molecule has 0 bridgehead atoms. The first-order chi connectivity index (χ1) is 7.22. The molecule has 2 amide bonds. The van der Waals surface area contributed by atoms with Crippen LogP contribution in [0.1, 0.15) is 0 Å². The van der Waals surface area contributed by atoms with Crippen molar-refractivity contribution in [1.82, 2.24) is 10.3 Å². The maximum Gasteiger partial charge on any atom is 0.325 e. The van der Waals surface area contributed by atoms with Crippen LogP contribution < -0.4 is 10.6 Å². The van der Waals surface area contributed by atoms with Gasteiger partial charge in [-0.05, 0) is 12.1 Å². The van der Waals surface area contributed by atoms with E-state index in [0.29, 0.717) is 5.69 Å². The molecule has 1 aromatic heterocycles. The fourth-order valence-corrected chi connectivity index (χ4v) is 0.835. The molecule has 0 aliphatic carbocycles. The highest BCUT2D eigenvalue weighted by Crippen LogP contribution is 2.01. The Morgan fingerprint density at radius 2 is 2.07 bits per heavy atom. The summed E-state index contributed by atoms with van der Waals surface area (Å²) < 4.78 is 4.36. The number of pyridine rings is 1. The number of esters is 1. The Balaban J connectivity index is 2.34. The Morgan fingerprint density at radius 3 is 2.67 bits per heavy atom. The molecule has 15 heavy (non-hydrogen) atoms. The van der Waals surface area contributed by atoms with Crippen LogP contribution in [0.4, 0.5) is 10.5 Å². The molecular formula is C9H11N3O3. The molecule has 1 aromatic rings. The molecule has 0 spiro atoms. The summed E-state index contributed by atoms with van der Waals surface area (Å²) in [5.74, 6) is -0.500. The summed E-state index contributed by atoms with van der Waals surface area (Å²) in [6, 6.07) is 2.81. The molecular weight excluding hydrogens is 198 g/mol. The van der Waals surface area contributed by atoms with E-state index in [0.717, 1.165) is 0 Å². The molecule has 0 radical (unpaired) electrons. The lowest BCUT2D eigenvalue weighted by Gasteiger charge is -2.05. The molecule has 0 saturated carbocycles. The molecule has 0 atom stereocenters. The summed E-state index contributed by atoms with van der Waals surface area (Å²) >= 11 is 0.